The molecule has 1 fully saturated rings. The van der Waals surface area contributed by atoms with Gasteiger partial charge in [0.05, 0.1) is 0 Å². The Balaban J connectivity index is 2.33. The lowest BCUT2D eigenvalue weighted by atomic mass is 10.1. The van der Waals surface area contributed by atoms with E-state index in [1.807, 2.05) is 6.92 Å². The smallest absolute Gasteiger partial charge is 0.107 e. The van der Waals surface area contributed by atoms with Crippen LogP contribution in [-0.2, 0) is 0 Å². The van der Waals surface area contributed by atoms with Crippen LogP contribution in [0.25, 0.3) is 0 Å². The summed E-state index contributed by atoms with van der Waals surface area (Å²) in [5, 5.41) is 11.8. The molecule has 0 aromatic heterocycles. The lowest BCUT2D eigenvalue weighted by Gasteiger charge is -2.04. The van der Waals surface area contributed by atoms with Gasteiger partial charge in [-0.15, -0.1) is 0 Å². The lowest BCUT2D eigenvalue weighted by Crippen LogP contribution is -2.24. The van der Waals surface area contributed by atoms with Gasteiger partial charge in [0, 0.05) is 0 Å². The van der Waals surface area contributed by atoms with Gasteiger partial charge in [-0.2, -0.15) is 0 Å². The van der Waals surface area contributed by atoms with E-state index in [9.17, 15) is 0 Å². The topological polar surface area (TPSA) is 32.3 Å². The minimum Gasteiger partial charge on any atom is -0.378 e. The minimum absolute atomic E-state index is 0.236. The lowest BCUT2D eigenvalue weighted by molar-refractivity contribution is 0.121. The second-order valence-electron chi connectivity index (χ2n) is 2.16. The summed E-state index contributed by atoms with van der Waals surface area (Å²) in [7, 11) is 0. The number of hydrogen-bond acceptors (Lipinski definition) is 2. The Bertz CT molecular complexity index is 57.1. The average Bonchev–Trinajstić information content (AvgIpc) is 1.91. The Labute approximate surface area is 43.5 Å². The molecular weight excluding hydrogens is 90.1 g/mol. The van der Waals surface area contributed by atoms with Gasteiger partial charge in [-0.1, -0.05) is 6.92 Å². The molecule has 0 saturated carbocycles. The molecule has 0 radical (unpaired) electrons. The molecule has 0 aromatic carbocycles. The number of nitrogens with one attached hydrogen (secondary N) is 1. The predicted octanol–water partition coefficient (Wildman–Crippen LogP) is -0.0658. The first kappa shape index (κ1) is 5.06. The van der Waals surface area contributed by atoms with Crippen LogP contribution in [0, 0.1) is 5.92 Å². The van der Waals surface area contributed by atoms with Gasteiger partial charge in [0.1, 0.15) is 6.23 Å². The van der Waals surface area contributed by atoms with Crippen LogP contribution in [-0.4, -0.2) is 17.9 Å². The van der Waals surface area contributed by atoms with E-state index < -0.39 is 0 Å². The average molecular weight is 101 g/mol. The summed E-state index contributed by atoms with van der Waals surface area (Å²) in [5.74, 6) is 0.458. The first-order valence-corrected chi connectivity index (χ1v) is 2.72. The standard InChI is InChI=1S/C5H11NO/c1-4-2-3-6-5(4)7/h4-7H,2-3H2,1H3/t4-,5?/m1/s1. The number of hydrogen-bond donors (Lipinski definition) is 2. The Morgan fingerprint density at radius 3 is 2.57 bits per heavy atom. The largest absolute Gasteiger partial charge is 0.378 e. The Morgan fingerprint density at radius 2 is 2.43 bits per heavy atom. The summed E-state index contributed by atoms with van der Waals surface area (Å²) in [4.78, 5) is 0. The van der Waals surface area contributed by atoms with Gasteiger partial charge >= 0.3 is 0 Å². The maximum atomic E-state index is 8.89. The summed E-state index contributed by atoms with van der Waals surface area (Å²) < 4.78 is 0. The van der Waals surface area contributed by atoms with Crippen molar-refractivity contribution in [3.63, 3.8) is 0 Å². The van der Waals surface area contributed by atoms with Crippen LogP contribution in [0.2, 0.25) is 0 Å². The van der Waals surface area contributed by atoms with Crippen LogP contribution in [0.5, 0.6) is 0 Å². The third kappa shape index (κ3) is 0.924. The molecule has 1 heterocycles. The molecule has 1 saturated heterocycles. The van der Waals surface area contributed by atoms with Crippen molar-refractivity contribution >= 4 is 0 Å². The fourth-order valence-corrected chi connectivity index (χ4v) is 0.818. The highest BCUT2D eigenvalue weighted by atomic mass is 16.3. The summed E-state index contributed by atoms with van der Waals surface area (Å²) in [5.41, 5.74) is 0. The van der Waals surface area contributed by atoms with Crippen molar-refractivity contribution in [1.29, 1.82) is 0 Å². The highest BCUT2D eigenvalue weighted by Crippen LogP contribution is 2.10. The van der Waals surface area contributed by atoms with Crippen molar-refractivity contribution in [2.45, 2.75) is 19.6 Å². The van der Waals surface area contributed by atoms with Crippen LogP contribution in [0.4, 0.5) is 0 Å². The van der Waals surface area contributed by atoms with E-state index >= 15 is 0 Å². The zero-order valence-electron chi connectivity index (χ0n) is 4.52. The minimum atomic E-state index is -0.236. The van der Waals surface area contributed by atoms with Crippen molar-refractivity contribution in [2.24, 2.45) is 5.92 Å². The van der Waals surface area contributed by atoms with Crippen molar-refractivity contribution in [3.8, 4) is 0 Å². The van der Waals surface area contributed by atoms with E-state index in [0.29, 0.717) is 5.92 Å². The molecule has 1 aliphatic heterocycles. The Kier molecular flexibility index (Phi) is 1.30. The van der Waals surface area contributed by atoms with Gasteiger partial charge in [-0.25, -0.2) is 0 Å². The predicted molar refractivity (Wildman–Crippen MR) is 27.8 cm³/mol. The molecule has 0 aliphatic carbocycles. The normalized spacial score (nSPS) is 42.0. The fraction of sp³-hybridized carbons (Fsp3) is 1.00. The summed E-state index contributed by atoms with van der Waals surface area (Å²) in [6, 6.07) is 0. The van der Waals surface area contributed by atoms with E-state index in [1.54, 1.807) is 0 Å². The summed E-state index contributed by atoms with van der Waals surface area (Å²) >= 11 is 0. The molecule has 2 N–H and O–H groups in total. The molecule has 0 bridgehead atoms. The molecule has 2 atom stereocenters. The molecule has 42 valence electrons. The van der Waals surface area contributed by atoms with Gasteiger partial charge in [0.2, 0.25) is 0 Å². The molecular formula is C5H11NO. The second kappa shape index (κ2) is 1.80. The molecule has 0 aromatic rings. The Morgan fingerprint density at radius 1 is 1.71 bits per heavy atom. The third-order valence-electron chi connectivity index (χ3n) is 1.49. The third-order valence-corrected chi connectivity index (χ3v) is 1.49. The first-order chi connectivity index (χ1) is 3.30. The highest BCUT2D eigenvalue weighted by molar-refractivity contribution is 4.70. The van der Waals surface area contributed by atoms with E-state index in [1.165, 1.54) is 0 Å². The molecule has 0 amide bonds. The van der Waals surface area contributed by atoms with Crippen molar-refractivity contribution in [1.82, 2.24) is 5.32 Å². The monoisotopic (exact) mass is 101 g/mol. The summed E-state index contributed by atoms with van der Waals surface area (Å²) in [6.45, 7) is 3.02. The van der Waals surface area contributed by atoms with Crippen LogP contribution in [0.15, 0.2) is 0 Å². The van der Waals surface area contributed by atoms with Gasteiger partial charge in [-0.3, -0.25) is 5.32 Å². The maximum absolute atomic E-state index is 8.89. The van der Waals surface area contributed by atoms with E-state index in [-0.39, 0.29) is 6.23 Å². The van der Waals surface area contributed by atoms with Gasteiger partial charge in [-0.05, 0) is 18.9 Å². The second-order valence-corrected chi connectivity index (χ2v) is 2.16. The number of aliphatic hydroxyl groups is 1. The quantitative estimate of drug-likeness (QED) is 0.448. The molecule has 2 heteroatoms. The van der Waals surface area contributed by atoms with Gasteiger partial charge in [0.25, 0.3) is 0 Å². The van der Waals surface area contributed by atoms with E-state index in [2.05, 4.69) is 5.32 Å². The molecule has 2 nitrogen and oxygen atoms in total. The molecule has 0 spiro atoms. The number of rotatable bonds is 0. The van der Waals surface area contributed by atoms with Gasteiger partial charge < -0.3 is 5.11 Å². The summed E-state index contributed by atoms with van der Waals surface area (Å²) in [6.07, 6.45) is 0.876. The Hall–Kier alpha value is -0.0800. The van der Waals surface area contributed by atoms with Crippen LogP contribution in [0.1, 0.15) is 13.3 Å². The van der Waals surface area contributed by atoms with Crippen LogP contribution < -0.4 is 5.32 Å². The SMILES string of the molecule is C[C@@H]1CCNC1O. The number of aliphatic hydroxyl groups excluding tert-OH is 1. The van der Waals surface area contributed by atoms with E-state index in [0.717, 1.165) is 13.0 Å². The van der Waals surface area contributed by atoms with Gasteiger partial charge in [0.15, 0.2) is 0 Å². The fourth-order valence-electron chi connectivity index (χ4n) is 0.818. The van der Waals surface area contributed by atoms with Crippen molar-refractivity contribution < 1.29 is 5.11 Å². The molecule has 7 heavy (non-hydrogen) atoms. The molecule has 1 rings (SSSR count). The zero-order valence-corrected chi connectivity index (χ0v) is 4.52. The van der Waals surface area contributed by atoms with E-state index in [4.69, 9.17) is 5.11 Å². The highest BCUT2D eigenvalue weighted by Gasteiger charge is 2.18. The first-order valence-electron chi connectivity index (χ1n) is 2.72. The zero-order chi connectivity index (χ0) is 5.28. The van der Waals surface area contributed by atoms with Crippen molar-refractivity contribution in [3.05, 3.63) is 0 Å². The van der Waals surface area contributed by atoms with Crippen LogP contribution in [0.3, 0.4) is 0 Å². The van der Waals surface area contributed by atoms with Crippen molar-refractivity contribution in [2.75, 3.05) is 6.54 Å². The molecule has 1 unspecified atom stereocenters. The van der Waals surface area contributed by atoms with Crippen LogP contribution >= 0.6 is 0 Å². The maximum Gasteiger partial charge on any atom is 0.107 e. The molecule has 1 aliphatic rings.